The zero-order valence-corrected chi connectivity index (χ0v) is 12.6. The highest BCUT2D eigenvalue weighted by atomic mass is 79.9. The van der Waals surface area contributed by atoms with Crippen LogP contribution in [0, 0.1) is 5.92 Å². The molecule has 100 valence electrons. The van der Waals surface area contributed by atoms with Crippen LogP contribution in [0.1, 0.15) is 39.0 Å². The second-order valence-corrected chi connectivity index (χ2v) is 6.05. The van der Waals surface area contributed by atoms with Crippen molar-refractivity contribution in [3.05, 3.63) is 16.7 Å². The van der Waals surface area contributed by atoms with Gasteiger partial charge in [-0.2, -0.15) is 0 Å². The number of nitrogen functional groups attached to an aromatic ring is 1. The summed E-state index contributed by atoms with van der Waals surface area (Å²) in [6, 6.07) is 1.94. The minimum Gasteiger partial charge on any atom is -0.396 e. The Hall–Kier alpha value is -0.770. The molecule has 4 heteroatoms. The van der Waals surface area contributed by atoms with E-state index < -0.39 is 0 Å². The molecule has 1 fully saturated rings. The molecule has 1 atom stereocenters. The standard InChI is InChI=1S/C14H22BrN3/c1-2-4-11-5-3-7-18(8-6-11)14-13(16)9-12(15)10-17-14/h9-11H,2-8,16H2,1H3. The highest BCUT2D eigenvalue weighted by Gasteiger charge is 2.18. The summed E-state index contributed by atoms with van der Waals surface area (Å²) in [7, 11) is 0. The number of rotatable bonds is 3. The average molecular weight is 312 g/mol. The van der Waals surface area contributed by atoms with Crippen LogP contribution in [0.3, 0.4) is 0 Å². The molecular weight excluding hydrogens is 290 g/mol. The number of hydrogen-bond donors (Lipinski definition) is 1. The Morgan fingerprint density at radius 3 is 3.00 bits per heavy atom. The van der Waals surface area contributed by atoms with Gasteiger partial charge in [0.05, 0.1) is 5.69 Å². The van der Waals surface area contributed by atoms with Gasteiger partial charge in [0.15, 0.2) is 5.82 Å². The van der Waals surface area contributed by atoms with Gasteiger partial charge < -0.3 is 10.6 Å². The van der Waals surface area contributed by atoms with Crippen LogP contribution in [-0.4, -0.2) is 18.1 Å². The van der Waals surface area contributed by atoms with E-state index in [0.29, 0.717) is 0 Å². The molecule has 0 saturated carbocycles. The van der Waals surface area contributed by atoms with Crippen LogP contribution in [0.2, 0.25) is 0 Å². The van der Waals surface area contributed by atoms with Gasteiger partial charge in [-0.05, 0) is 47.2 Å². The fraction of sp³-hybridized carbons (Fsp3) is 0.643. The molecule has 0 amide bonds. The number of anilines is 2. The van der Waals surface area contributed by atoms with Crippen molar-refractivity contribution in [2.24, 2.45) is 5.92 Å². The van der Waals surface area contributed by atoms with E-state index in [1.807, 2.05) is 12.3 Å². The largest absolute Gasteiger partial charge is 0.396 e. The van der Waals surface area contributed by atoms with Crippen LogP contribution in [-0.2, 0) is 0 Å². The average Bonchev–Trinajstić information content (AvgIpc) is 2.55. The number of hydrogen-bond acceptors (Lipinski definition) is 3. The van der Waals surface area contributed by atoms with Crippen molar-refractivity contribution in [1.29, 1.82) is 0 Å². The summed E-state index contributed by atoms with van der Waals surface area (Å²) in [4.78, 5) is 6.81. The quantitative estimate of drug-likeness (QED) is 0.922. The number of pyridine rings is 1. The lowest BCUT2D eigenvalue weighted by Gasteiger charge is -2.23. The van der Waals surface area contributed by atoms with E-state index >= 15 is 0 Å². The summed E-state index contributed by atoms with van der Waals surface area (Å²) < 4.78 is 0.947. The van der Waals surface area contributed by atoms with Crippen LogP contribution in [0.4, 0.5) is 11.5 Å². The number of halogens is 1. The van der Waals surface area contributed by atoms with Gasteiger partial charge in [-0.25, -0.2) is 4.98 Å². The lowest BCUT2D eigenvalue weighted by Crippen LogP contribution is -2.26. The Morgan fingerprint density at radius 1 is 1.44 bits per heavy atom. The van der Waals surface area contributed by atoms with E-state index in [9.17, 15) is 0 Å². The molecule has 0 aromatic carbocycles. The van der Waals surface area contributed by atoms with E-state index in [2.05, 4.69) is 32.7 Å². The molecule has 1 aromatic rings. The molecule has 0 radical (unpaired) electrons. The Kier molecular flexibility index (Phi) is 4.87. The molecule has 0 bridgehead atoms. The smallest absolute Gasteiger partial charge is 0.151 e. The molecule has 18 heavy (non-hydrogen) atoms. The van der Waals surface area contributed by atoms with Gasteiger partial charge in [-0.15, -0.1) is 0 Å². The number of nitrogens with zero attached hydrogens (tertiary/aromatic N) is 2. The highest BCUT2D eigenvalue weighted by Crippen LogP contribution is 2.28. The van der Waals surface area contributed by atoms with Crippen molar-refractivity contribution in [3.8, 4) is 0 Å². The Bertz CT molecular complexity index is 395. The number of nitrogens with two attached hydrogens (primary N) is 1. The summed E-state index contributed by atoms with van der Waals surface area (Å²) in [5.74, 6) is 1.84. The maximum atomic E-state index is 6.06. The van der Waals surface area contributed by atoms with Crippen molar-refractivity contribution in [3.63, 3.8) is 0 Å². The Morgan fingerprint density at radius 2 is 2.28 bits per heavy atom. The third-order valence-electron chi connectivity index (χ3n) is 3.71. The molecule has 2 heterocycles. The van der Waals surface area contributed by atoms with Crippen LogP contribution in [0.25, 0.3) is 0 Å². The second-order valence-electron chi connectivity index (χ2n) is 5.14. The summed E-state index contributed by atoms with van der Waals surface area (Å²) in [6.07, 6.45) is 8.36. The van der Waals surface area contributed by atoms with Crippen LogP contribution < -0.4 is 10.6 Å². The molecule has 2 N–H and O–H groups in total. The molecule has 2 rings (SSSR count). The van der Waals surface area contributed by atoms with E-state index in [0.717, 1.165) is 35.0 Å². The van der Waals surface area contributed by atoms with Gasteiger partial charge in [0.25, 0.3) is 0 Å². The lowest BCUT2D eigenvalue weighted by atomic mass is 9.96. The van der Waals surface area contributed by atoms with Crippen molar-refractivity contribution in [2.75, 3.05) is 23.7 Å². The summed E-state index contributed by atoms with van der Waals surface area (Å²) in [6.45, 7) is 4.44. The van der Waals surface area contributed by atoms with Gasteiger partial charge in [0.2, 0.25) is 0 Å². The summed E-state index contributed by atoms with van der Waals surface area (Å²) >= 11 is 3.40. The van der Waals surface area contributed by atoms with Crippen molar-refractivity contribution in [1.82, 2.24) is 4.98 Å². The fourth-order valence-electron chi connectivity index (χ4n) is 2.79. The maximum absolute atomic E-state index is 6.06. The molecule has 0 spiro atoms. The minimum absolute atomic E-state index is 0.776. The third kappa shape index (κ3) is 3.37. The number of aromatic nitrogens is 1. The molecule has 3 nitrogen and oxygen atoms in total. The Balaban J connectivity index is 2.05. The van der Waals surface area contributed by atoms with E-state index in [1.165, 1.54) is 32.1 Å². The van der Waals surface area contributed by atoms with Gasteiger partial charge in [-0.1, -0.05) is 19.8 Å². The van der Waals surface area contributed by atoms with Crippen LogP contribution in [0.15, 0.2) is 16.7 Å². The molecule has 1 aliphatic rings. The lowest BCUT2D eigenvalue weighted by molar-refractivity contribution is 0.435. The van der Waals surface area contributed by atoms with Gasteiger partial charge in [0.1, 0.15) is 0 Å². The summed E-state index contributed by atoms with van der Waals surface area (Å²) in [5, 5.41) is 0. The SMILES string of the molecule is CCCC1CCCN(c2ncc(Br)cc2N)CC1. The first kappa shape index (κ1) is 13.7. The molecule has 0 aliphatic carbocycles. The van der Waals surface area contributed by atoms with Crippen molar-refractivity contribution < 1.29 is 0 Å². The van der Waals surface area contributed by atoms with Crippen LogP contribution in [0.5, 0.6) is 0 Å². The van der Waals surface area contributed by atoms with Crippen LogP contribution >= 0.6 is 15.9 Å². The highest BCUT2D eigenvalue weighted by molar-refractivity contribution is 9.10. The first-order chi connectivity index (χ1) is 8.70. The van der Waals surface area contributed by atoms with E-state index in [-0.39, 0.29) is 0 Å². The monoisotopic (exact) mass is 311 g/mol. The van der Waals surface area contributed by atoms with Gasteiger partial charge in [0, 0.05) is 23.8 Å². The zero-order valence-electron chi connectivity index (χ0n) is 11.0. The van der Waals surface area contributed by atoms with E-state index in [1.54, 1.807) is 0 Å². The first-order valence-electron chi connectivity index (χ1n) is 6.86. The topological polar surface area (TPSA) is 42.2 Å². The zero-order chi connectivity index (χ0) is 13.0. The first-order valence-corrected chi connectivity index (χ1v) is 7.66. The second kappa shape index (κ2) is 6.41. The predicted molar refractivity (Wildman–Crippen MR) is 80.8 cm³/mol. The minimum atomic E-state index is 0.776. The molecule has 1 unspecified atom stereocenters. The molecular formula is C14H22BrN3. The molecule has 1 aromatic heterocycles. The molecule has 1 aliphatic heterocycles. The van der Waals surface area contributed by atoms with Gasteiger partial charge >= 0.3 is 0 Å². The van der Waals surface area contributed by atoms with Crippen molar-refractivity contribution >= 4 is 27.4 Å². The van der Waals surface area contributed by atoms with Crippen molar-refractivity contribution in [2.45, 2.75) is 39.0 Å². The molecule has 1 saturated heterocycles. The maximum Gasteiger partial charge on any atom is 0.151 e. The fourth-order valence-corrected chi connectivity index (χ4v) is 3.14. The predicted octanol–water partition coefficient (Wildman–Crippen LogP) is 3.83. The van der Waals surface area contributed by atoms with Gasteiger partial charge in [-0.3, -0.25) is 0 Å². The Labute approximate surface area is 118 Å². The summed E-state index contributed by atoms with van der Waals surface area (Å²) in [5.41, 5.74) is 6.84. The van der Waals surface area contributed by atoms with E-state index in [4.69, 9.17) is 5.73 Å². The third-order valence-corrected chi connectivity index (χ3v) is 4.14. The normalized spacial score (nSPS) is 20.8.